The topological polar surface area (TPSA) is 49.3 Å². The number of guanidine groups is 1. The van der Waals surface area contributed by atoms with Gasteiger partial charge < -0.3 is 10.6 Å². The molecule has 0 bridgehead atoms. The third kappa shape index (κ3) is 3.53. The first-order chi connectivity index (χ1) is 7.88. The summed E-state index contributed by atoms with van der Waals surface area (Å²) in [6, 6.07) is 4.70. The SMILES string of the molecule is CN=C(NCCc1cccnc1)NC1CC1. The maximum Gasteiger partial charge on any atom is 0.191 e. The van der Waals surface area contributed by atoms with Gasteiger partial charge in [-0.25, -0.2) is 0 Å². The van der Waals surface area contributed by atoms with Gasteiger partial charge in [0.05, 0.1) is 0 Å². The van der Waals surface area contributed by atoms with Crippen molar-refractivity contribution >= 4 is 5.96 Å². The standard InChI is InChI=1S/C12H18N4/c1-13-12(16-11-4-5-11)15-8-6-10-3-2-7-14-9-10/h2-3,7,9,11H,4-6,8H2,1H3,(H2,13,15,16). The van der Waals surface area contributed by atoms with Gasteiger partial charge in [-0.05, 0) is 30.9 Å². The highest BCUT2D eigenvalue weighted by atomic mass is 15.2. The minimum Gasteiger partial charge on any atom is -0.356 e. The predicted molar refractivity (Wildman–Crippen MR) is 65.5 cm³/mol. The van der Waals surface area contributed by atoms with Gasteiger partial charge in [-0.1, -0.05) is 6.07 Å². The monoisotopic (exact) mass is 218 g/mol. The van der Waals surface area contributed by atoms with Crippen molar-refractivity contribution in [3.8, 4) is 0 Å². The van der Waals surface area contributed by atoms with Crippen molar-refractivity contribution in [2.24, 2.45) is 4.99 Å². The zero-order valence-electron chi connectivity index (χ0n) is 9.61. The second-order valence-corrected chi connectivity index (χ2v) is 4.03. The summed E-state index contributed by atoms with van der Waals surface area (Å²) >= 11 is 0. The van der Waals surface area contributed by atoms with E-state index in [1.807, 2.05) is 19.3 Å². The summed E-state index contributed by atoms with van der Waals surface area (Å²) in [6.07, 6.45) is 7.20. The largest absolute Gasteiger partial charge is 0.356 e. The van der Waals surface area contributed by atoms with Crippen molar-refractivity contribution < 1.29 is 0 Å². The normalized spacial score (nSPS) is 15.9. The molecule has 86 valence electrons. The van der Waals surface area contributed by atoms with E-state index in [0.29, 0.717) is 6.04 Å². The molecule has 4 heteroatoms. The highest BCUT2D eigenvalue weighted by Gasteiger charge is 2.21. The molecule has 4 nitrogen and oxygen atoms in total. The molecule has 1 aromatic heterocycles. The molecule has 1 aliphatic carbocycles. The van der Waals surface area contributed by atoms with E-state index in [9.17, 15) is 0 Å². The van der Waals surface area contributed by atoms with Crippen molar-refractivity contribution in [3.63, 3.8) is 0 Å². The van der Waals surface area contributed by atoms with Crippen molar-refractivity contribution in [1.82, 2.24) is 15.6 Å². The lowest BCUT2D eigenvalue weighted by atomic mass is 10.2. The third-order valence-corrected chi connectivity index (χ3v) is 2.57. The fourth-order valence-electron chi connectivity index (χ4n) is 1.49. The van der Waals surface area contributed by atoms with E-state index in [4.69, 9.17) is 0 Å². The smallest absolute Gasteiger partial charge is 0.191 e. The summed E-state index contributed by atoms with van der Waals surface area (Å²) < 4.78 is 0. The molecule has 1 fully saturated rings. The first-order valence-electron chi connectivity index (χ1n) is 5.74. The van der Waals surface area contributed by atoms with E-state index < -0.39 is 0 Å². The van der Waals surface area contributed by atoms with Crippen LogP contribution in [-0.2, 0) is 6.42 Å². The Hall–Kier alpha value is -1.58. The van der Waals surface area contributed by atoms with Crippen LogP contribution in [0.5, 0.6) is 0 Å². The van der Waals surface area contributed by atoms with Gasteiger partial charge >= 0.3 is 0 Å². The van der Waals surface area contributed by atoms with E-state index in [-0.39, 0.29) is 0 Å². The number of hydrogen-bond donors (Lipinski definition) is 2. The molecule has 0 amide bonds. The van der Waals surface area contributed by atoms with Crippen LogP contribution in [0.15, 0.2) is 29.5 Å². The van der Waals surface area contributed by atoms with Gasteiger partial charge in [0.25, 0.3) is 0 Å². The van der Waals surface area contributed by atoms with Crippen LogP contribution < -0.4 is 10.6 Å². The van der Waals surface area contributed by atoms with Crippen LogP contribution in [-0.4, -0.2) is 30.6 Å². The fourth-order valence-corrected chi connectivity index (χ4v) is 1.49. The van der Waals surface area contributed by atoms with Crippen molar-refractivity contribution in [3.05, 3.63) is 30.1 Å². The summed E-state index contributed by atoms with van der Waals surface area (Å²) in [7, 11) is 1.81. The van der Waals surface area contributed by atoms with Crippen LogP contribution in [0.3, 0.4) is 0 Å². The summed E-state index contributed by atoms with van der Waals surface area (Å²) in [4.78, 5) is 8.27. The number of pyridine rings is 1. The van der Waals surface area contributed by atoms with Crippen LogP contribution in [0.4, 0.5) is 0 Å². The van der Waals surface area contributed by atoms with Crippen molar-refractivity contribution in [2.75, 3.05) is 13.6 Å². The van der Waals surface area contributed by atoms with E-state index in [1.54, 1.807) is 6.20 Å². The van der Waals surface area contributed by atoms with Gasteiger partial charge in [0, 0.05) is 32.0 Å². The Bertz CT molecular complexity index is 343. The number of aromatic nitrogens is 1. The lowest BCUT2D eigenvalue weighted by Crippen LogP contribution is -2.39. The van der Waals surface area contributed by atoms with Gasteiger partial charge in [-0.15, -0.1) is 0 Å². The fraction of sp³-hybridized carbons (Fsp3) is 0.500. The maximum absolute atomic E-state index is 4.18. The average Bonchev–Trinajstić information content (AvgIpc) is 3.13. The van der Waals surface area contributed by atoms with Crippen LogP contribution >= 0.6 is 0 Å². The van der Waals surface area contributed by atoms with Crippen molar-refractivity contribution in [1.29, 1.82) is 0 Å². The Morgan fingerprint density at radius 3 is 3.06 bits per heavy atom. The zero-order chi connectivity index (χ0) is 11.2. The quantitative estimate of drug-likeness (QED) is 0.584. The lowest BCUT2D eigenvalue weighted by molar-refractivity contribution is 0.790. The number of nitrogens with zero attached hydrogens (tertiary/aromatic N) is 2. The zero-order valence-corrected chi connectivity index (χ0v) is 9.61. The van der Waals surface area contributed by atoms with Gasteiger partial charge in [0.15, 0.2) is 5.96 Å². The number of nitrogens with one attached hydrogen (secondary N) is 2. The van der Waals surface area contributed by atoms with Crippen LogP contribution in [0.2, 0.25) is 0 Å². The molecule has 0 unspecified atom stereocenters. The van der Waals surface area contributed by atoms with E-state index in [0.717, 1.165) is 18.9 Å². The Labute approximate surface area is 96.2 Å². The van der Waals surface area contributed by atoms with Crippen LogP contribution in [0.1, 0.15) is 18.4 Å². The highest BCUT2D eigenvalue weighted by molar-refractivity contribution is 5.80. The first-order valence-corrected chi connectivity index (χ1v) is 5.74. The number of aliphatic imine (C=N–C) groups is 1. The molecule has 1 aliphatic rings. The molecule has 1 saturated carbocycles. The molecule has 2 rings (SSSR count). The summed E-state index contributed by atoms with van der Waals surface area (Å²) in [5, 5.41) is 6.65. The predicted octanol–water partition coefficient (Wildman–Crippen LogP) is 0.951. The van der Waals surface area contributed by atoms with E-state index in [2.05, 4.69) is 26.7 Å². The molecular weight excluding hydrogens is 200 g/mol. The molecule has 0 atom stereocenters. The number of rotatable bonds is 4. The molecule has 0 aromatic carbocycles. The van der Waals surface area contributed by atoms with Gasteiger partial charge in [-0.2, -0.15) is 0 Å². The van der Waals surface area contributed by atoms with Gasteiger partial charge in [-0.3, -0.25) is 9.98 Å². The van der Waals surface area contributed by atoms with E-state index in [1.165, 1.54) is 18.4 Å². The average molecular weight is 218 g/mol. The molecule has 0 saturated heterocycles. The van der Waals surface area contributed by atoms with E-state index >= 15 is 0 Å². The lowest BCUT2D eigenvalue weighted by Gasteiger charge is -2.10. The van der Waals surface area contributed by atoms with Gasteiger partial charge in [0.2, 0.25) is 0 Å². The highest BCUT2D eigenvalue weighted by Crippen LogP contribution is 2.18. The molecular formula is C12H18N4. The minimum absolute atomic E-state index is 0.643. The molecule has 1 aromatic rings. The Kier molecular flexibility index (Phi) is 3.75. The molecule has 16 heavy (non-hydrogen) atoms. The molecule has 0 spiro atoms. The summed E-state index contributed by atoms with van der Waals surface area (Å²) in [5.74, 6) is 0.909. The van der Waals surface area contributed by atoms with Gasteiger partial charge in [0.1, 0.15) is 0 Å². The van der Waals surface area contributed by atoms with Crippen LogP contribution in [0, 0.1) is 0 Å². The Balaban J connectivity index is 1.70. The molecule has 1 heterocycles. The van der Waals surface area contributed by atoms with Crippen LogP contribution in [0.25, 0.3) is 0 Å². The second-order valence-electron chi connectivity index (χ2n) is 4.03. The molecule has 2 N–H and O–H groups in total. The summed E-state index contributed by atoms with van der Waals surface area (Å²) in [6.45, 7) is 0.887. The molecule has 0 radical (unpaired) electrons. The third-order valence-electron chi connectivity index (χ3n) is 2.57. The number of hydrogen-bond acceptors (Lipinski definition) is 2. The molecule has 0 aliphatic heterocycles. The Morgan fingerprint density at radius 1 is 1.56 bits per heavy atom. The summed E-state index contributed by atoms with van der Waals surface area (Å²) in [5.41, 5.74) is 1.25. The second kappa shape index (κ2) is 5.49. The van der Waals surface area contributed by atoms with Crippen molar-refractivity contribution in [2.45, 2.75) is 25.3 Å². The minimum atomic E-state index is 0.643. The first kappa shape index (κ1) is 10.9. The Morgan fingerprint density at radius 2 is 2.44 bits per heavy atom. The maximum atomic E-state index is 4.18.